The molecule has 0 bridgehead atoms. The highest BCUT2D eigenvalue weighted by Crippen LogP contribution is 2.29. The van der Waals surface area contributed by atoms with Crippen LogP contribution in [0, 0.1) is 5.82 Å². The van der Waals surface area contributed by atoms with Gasteiger partial charge in [-0.1, -0.05) is 18.2 Å². The second-order valence-electron chi connectivity index (χ2n) is 10.3. The Morgan fingerprint density at radius 3 is 2.60 bits per heavy atom. The number of benzene rings is 2. The second-order valence-corrected chi connectivity index (χ2v) is 10.3. The van der Waals surface area contributed by atoms with Gasteiger partial charge >= 0.3 is 5.69 Å². The lowest BCUT2D eigenvalue weighted by atomic mass is 10.2. The Bertz CT molecular complexity index is 2030. The molecular formula is C31H28FN7O4. The van der Waals surface area contributed by atoms with Crippen LogP contribution >= 0.6 is 0 Å². The molecule has 1 atom stereocenters. The van der Waals surface area contributed by atoms with Crippen molar-refractivity contribution in [1.29, 1.82) is 0 Å². The smallest absolute Gasteiger partial charge is 0.330 e. The predicted molar refractivity (Wildman–Crippen MR) is 157 cm³/mol. The van der Waals surface area contributed by atoms with Crippen molar-refractivity contribution in [2.24, 2.45) is 0 Å². The number of pyridine rings is 1. The van der Waals surface area contributed by atoms with Gasteiger partial charge in [-0.3, -0.25) is 9.13 Å². The number of hydrogen-bond acceptors (Lipinski definition) is 8. The van der Waals surface area contributed by atoms with E-state index < -0.39 is 0 Å². The molecule has 7 rings (SSSR count). The van der Waals surface area contributed by atoms with E-state index in [1.54, 1.807) is 70.8 Å². The minimum absolute atomic E-state index is 0.0453. The number of hydrogen-bond donors (Lipinski definition) is 0. The number of methoxy groups -OCH3 is 2. The number of ether oxygens (including phenoxy) is 3. The Morgan fingerprint density at radius 2 is 1.84 bits per heavy atom. The van der Waals surface area contributed by atoms with Crippen molar-refractivity contribution >= 4 is 22.2 Å². The number of rotatable bonds is 9. The van der Waals surface area contributed by atoms with Crippen LogP contribution in [0.4, 0.5) is 4.39 Å². The van der Waals surface area contributed by atoms with Gasteiger partial charge in [-0.2, -0.15) is 5.10 Å². The van der Waals surface area contributed by atoms with Crippen LogP contribution in [0.15, 0.2) is 71.8 Å². The van der Waals surface area contributed by atoms with Gasteiger partial charge < -0.3 is 14.2 Å². The fourth-order valence-electron chi connectivity index (χ4n) is 5.39. The van der Waals surface area contributed by atoms with E-state index in [2.05, 4.69) is 9.97 Å². The Kier molecular flexibility index (Phi) is 6.82. The molecule has 1 aliphatic heterocycles. The molecule has 0 saturated carbocycles. The maximum atomic E-state index is 14.5. The Morgan fingerprint density at radius 1 is 0.977 bits per heavy atom. The third kappa shape index (κ3) is 4.79. The Labute approximate surface area is 245 Å². The van der Waals surface area contributed by atoms with Crippen LogP contribution in [0.2, 0.25) is 0 Å². The van der Waals surface area contributed by atoms with Crippen LogP contribution in [0.1, 0.15) is 17.5 Å². The highest BCUT2D eigenvalue weighted by atomic mass is 19.1. The van der Waals surface area contributed by atoms with Crippen molar-refractivity contribution in [3.8, 4) is 23.0 Å². The van der Waals surface area contributed by atoms with E-state index in [9.17, 15) is 9.18 Å². The molecule has 4 aromatic heterocycles. The van der Waals surface area contributed by atoms with Gasteiger partial charge in [-0.25, -0.2) is 28.8 Å². The van der Waals surface area contributed by atoms with Gasteiger partial charge in [0, 0.05) is 30.0 Å². The number of nitrogens with zero attached hydrogens (tertiary/aromatic N) is 7. The van der Waals surface area contributed by atoms with Crippen molar-refractivity contribution in [3.63, 3.8) is 0 Å². The monoisotopic (exact) mass is 581 g/mol. The molecule has 2 aromatic carbocycles. The topological polar surface area (TPSA) is 111 Å². The average molecular weight is 582 g/mol. The summed E-state index contributed by atoms with van der Waals surface area (Å²) in [5.41, 5.74) is 3.14. The first-order valence-electron chi connectivity index (χ1n) is 13.9. The number of imidazole rings is 1. The average Bonchev–Trinajstić information content (AvgIpc) is 3.50. The zero-order valence-electron chi connectivity index (χ0n) is 23.6. The van der Waals surface area contributed by atoms with E-state index in [1.165, 1.54) is 6.07 Å². The van der Waals surface area contributed by atoms with Crippen LogP contribution < -0.4 is 15.2 Å². The summed E-state index contributed by atoms with van der Waals surface area (Å²) in [4.78, 5) is 27.9. The summed E-state index contributed by atoms with van der Waals surface area (Å²) in [5.74, 6) is 1.24. The van der Waals surface area contributed by atoms with Crippen LogP contribution in [0.25, 0.3) is 33.7 Å². The van der Waals surface area contributed by atoms with Gasteiger partial charge in [-0.05, 0) is 36.8 Å². The molecule has 218 valence electrons. The van der Waals surface area contributed by atoms with Gasteiger partial charge in [0.15, 0.2) is 17.1 Å². The fraction of sp³-hybridized carbons (Fsp3) is 0.258. The minimum Gasteiger partial charge on any atom is -0.497 e. The second kappa shape index (κ2) is 11.0. The molecule has 43 heavy (non-hydrogen) atoms. The summed E-state index contributed by atoms with van der Waals surface area (Å²) in [6, 6.07) is 15.7. The molecule has 6 aromatic rings. The molecule has 1 unspecified atom stereocenters. The quantitative estimate of drug-likeness (QED) is 0.252. The molecule has 1 saturated heterocycles. The van der Waals surface area contributed by atoms with Crippen molar-refractivity contribution in [3.05, 3.63) is 94.4 Å². The molecule has 0 N–H and O–H groups in total. The molecular weight excluding hydrogens is 553 g/mol. The van der Waals surface area contributed by atoms with E-state index in [4.69, 9.17) is 24.3 Å². The van der Waals surface area contributed by atoms with Crippen LogP contribution in [-0.2, 0) is 24.4 Å². The van der Waals surface area contributed by atoms with Crippen LogP contribution in [0.3, 0.4) is 0 Å². The predicted octanol–water partition coefficient (Wildman–Crippen LogP) is 4.05. The third-order valence-electron chi connectivity index (χ3n) is 7.76. The van der Waals surface area contributed by atoms with E-state index in [0.717, 1.165) is 12.0 Å². The van der Waals surface area contributed by atoms with Crippen molar-refractivity contribution in [2.75, 3.05) is 20.8 Å². The maximum absolute atomic E-state index is 14.5. The largest absolute Gasteiger partial charge is 0.497 e. The molecule has 1 aliphatic rings. The van der Waals surface area contributed by atoms with E-state index in [-0.39, 0.29) is 30.7 Å². The van der Waals surface area contributed by atoms with Gasteiger partial charge in [0.05, 0.1) is 51.5 Å². The van der Waals surface area contributed by atoms with Crippen LogP contribution in [-0.4, -0.2) is 60.8 Å². The fourth-order valence-corrected chi connectivity index (χ4v) is 5.39. The third-order valence-corrected chi connectivity index (χ3v) is 7.76. The zero-order valence-corrected chi connectivity index (χ0v) is 23.6. The molecule has 0 amide bonds. The minimum atomic E-state index is -0.323. The molecule has 0 aliphatic carbocycles. The standard InChI is InChI=1S/C31H28FN7O4/c1-41-21-10-9-20(26(14-21)42-2)16-38-30-25(37(31(38)40)18-22-11-13-43-22)15-34-28(35-30)27-23-7-5-12-33-29(23)39(36-27)17-19-6-3-4-8-24(19)32/h3-10,12,14-15,22H,11,13,16-18H2,1-2H3. The molecule has 0 spiro atoms. The summed E-state index contributed by atoms with van der Waals surface area (Å²) < 4.78 is 36.0. The summed E-state index contributed by atoms with van der Waals surface area (Å²) in [5, 5.41) is 5.49. The molecule has 5 heterocycles. The number of fused-ring (bicyclic) bond motifs is 2. The summed E-state index contributed by atoms with van der Waals surface area (Å²) in [7, 11) is 3.17. The first kappa shape index (κ1) is 26.8. The van der Waals surface area contributed by atoms with Crippen molar-refractivity contribution in [2.45, 2.75) is 32.2 Å². The Balaban J connectivity index is 1.36. The number of aromatic nitrogens is 7. The van der Waals surface area contributed by atoms with Gasteiger partial charge in [0.2, 0.25) is 0 Å². The summed E-state index contributed by atoms with van der Waals surface area (Å²) >= 11 is 0. The maximum Gasteiger partial charge on any atom is 0.330 e. The van der Waals surface area contributed by atoms with Gasteiger partial charge in [0.25, 0.3) is 0 Å². The summed E-state index contributed by atoms with van der Waals surface area (Å²) in [6.07, 6.45) is 4.15. The molecule has 12 heteroatoms. The van der Waals surface area contributed by atoms with E-state index in [0.29, 0.717) is 63.9 Å². The zero-order chi connectivity index (χ0) is 29.5. The molecule has 0 radical (unpaired) electrons. The van der Waals surface area contributed by atoms with Gasteiger partial charge in [-0.15, -0.1) is 0 Å². The molecule has 11 nitrogen and oxygen atoms in total. The number of halogens is 1. The van der Waals surface area contributed by atoms with Crippen LogP contribution in [0.5, 0.6) is 11.5 Å². The Hall–Kier alpha value is -5.10. The highest BCUT2D eigenvalue weighted by Gasteiger charge is 2.25. The highest BCUT2D eigenvalue weighted by molar-refractivity contribution is 5.90. The SMILES string of the molecule is COc1ccc(Cn2c(=O)n(CC3CCO3)c3cnc(-c4nn(Cc5ccccc5F)c5ncccc45)nc32)c(OC)c1. The van der Waals surface area contributed by atoms with Crippen molar-refractivity contribution < 1.29 is 18.6 Å². The lowest BCUT2D eigenvalue weighted by molar-refractivity contribution is -0.0591. The normalized spacial score (nSPS) is 14.7. The molecule has 1 fully saturated rings. The van der Waals surface area contributed by atoms with E-state index >= 15 is 0 Å². The van der Waals surface area contributed by atoms with E-state index in [1.807, 2.05) is 18.2 Å². The summed E-state index contributed by atoms with van der Waals surface area (Å²) in [6.45, 7) is 1.47. The van der Waals surface area contributed by atoms with Crippen molar-refractivity contribution in [1.82, 2.24) is 33.9 Å². The van der Waals surface area contributed by atoms with Gasteiger partial charge in [0.1, 0.15) is 28.5 Å². The lowest BCUT2D eigenvalue weighted by Crippen LogP contribution is -2.35. The first-order chi connectivity index (χ1) is 21.0. The first-order valence-corrected chi connectivity index (χ1v) is 13.9. The lowest BCUT2D eigenvalue weighted by Gasteiger charge is -2.26.